The molecule has 0 bridgehead atoms. The van der Waals surface area contributed by atoms with Crippen molar-refractivity contribution >= 4 is 0 Å². The van der Waals surface area contributed by atoms with Crippen molar-refractivity contribution in [3.8, 4) is 0 Å². The summed E-state index contributed by atoms with van der Waals surface area (Å²) in [6.07, 6.45) is 7.80. The molecule has 3 nitrogen and oxygen atoms in total. The highest BCUT2D eigenvalue weighted by Crippen LogP contribution is 2.30. The first-order valence-electron chi connectivity index (χ1n) is 6.44. The van der Waals surface area contributed by atoms with Crippen molar-refractivity contribution in [2.45, 2.75) is 52.1 Å². The van der Waals surface area contributed by atoms with Crippen LogP contribution in [0.5, 0.6) is 0 Å². The van der Waals surface area contributed by atoms with Gasteiger partial charge in [-0.2, -0.15) is 0 Å². The Morgan fingerprint density at radius 3 is 2.62 bits per heavy atom. The summed E-state index contributed by atoms with van der Waals surface area (Å²) < 4.78 is 0. The van der Waals surface area contributed by atoms with Crippen molar-refractivity contribution in [1.82, 2.24) is 15.3 Å². The molecule has 0 spiro atoms. The van der Waals surface area contributed by atoms with Gasteiger partial charge in [-0.3, -0.25) is 0 Å². The maximum atomic E-state index is 4.31. The monoisotopic (exact) mass is 221 g/mol. The summed E-state index contributed by atoms with van der Waals surface area (Å²) in [5.41, 5.74) is 0. The molecule has 16 heavy (non-hydrogen) atoms. The zero-order valence-corrected chi connectivity index (χ0v) is 10.5. The maximum Gasteiger partial charge on any atom is 0.122 e. The Kier molecular flexibility index (Phi) is 3.64. The Bertz CT molecular complexity index is 297. The van der Waals surface area contributed by atoms with Gasteiger partial charge in [0.1, 0.15) is 5.82 Å². The minimum Gasteiger partial charge on any atom is -0.347 e. The molecule has 0 aromatic carbocycles. The van der Waals surface area contributed by atoms with Gasteiger partial charge < -0.3 is 10.3 Å². The molecule has 0 radical (unpaired) electrons. The van der Waals surface area contributed by atoms with Crippen molar-refractivity contribution in [3.63, 3.8) is 0 Å². The summed E-state index contributed by atoms with van der Waals surface area (Å²) in [7, 11) is 0. The first kappa shape index (κ1) is 11.6. The fourth-order valence-electron chi connectivity index (χ4n) is 2.89. The number of nitrogens with one attached hydrogen (secondary N) is 2. The van der Waals surface area contributed by atoms with Crippen LogP contribution in [0.25, 0.3) is 0 Å². The number of imidazole rings is 1. The lowest BCUT2D eigenvalue weighted by molar-refractivity contribution is 0.194. The summed E-state index contributed by atoms with van der Waals surface area (Å²) in [5, 5.41) is 3.73. The van der Waals surface area contributed by atoms with E-state index in [-0.39, 0.29) is 0 Å². The Morgan fingerprint density at radius 2 is 2.06 bits per heavy atom. The van der Waals surface area contributed by atoms with Gasteiger partial charge in [-0.15, -0.1) is 0 Å². The van der Waals surface area contributed by atoms with Gasteiger partial charge in [-0.25, -0.2) is 4.98 Å². The number of aromatic nitrogens is 2. The van der Waals surface area contributed by atoms with Crippen LogP contribution in [0.1, 0.15) is 51.9 Å². The molecule has 1 heterocycles. The Hall–Kier alpha value is -0.830. The number of H-pyrrole nitrogens is 1. The van der Waals surface area contributed by atoms with Gasteiger partial charge in [-0.1, -0.05) is 20.3 Å². The molecule has 0 amide bonds. The Balaban J connectivity index is 1.97. The van der Waals surface area contributed by atoms with E-state index in [1.807, 2.05) is 12.4 Å². The Morgan fingerprint density at radius 1 is 1.38 bits per heavy atom. The van der Waals surface area contributed by atoms with Crippen LogP contribution in [0.4, 0.5) is 0 Å². The van der Waals surface area contributed by atoms with Gasteiger partial charge >= 0.3 is 0 Å². The van der Waals surface area contributed by atoms with Crippen molar-refractivity contribution < 1.29 is 0 Å². The van der Waals surface area contributed by atoms with Crippen molar-refractivity contribution in [2.24, 2.45) is 11.8 Å². The van der Waals surface area contributed by atoms with Crippen LogP contribution in [0.2, 0.25) is 0 Å². The molecule has 0 saturated heterocycles. The second-order valence-corrected chi connectivity index (χ2v) is 5.27. The van der Waals surface area contributed by atoms with Crippen molar-refractivity contribution in [3.05, 3.63) is 18.2 Å². The number of rotatable bonds is 3. The lowest BCUT2D eigenvalue weighted by Crippen LogP contribution is -2.44. The van der Waals surface area contributed by atoms with Crippen LogP contribution in [-0.2, 0) is 0 Å². The molecule has 3 atom stereocenters. The molecule has 1 aromatic rings. The number of aromatic amines is 1. The second-order valence-electron chi connectivity index (χ2n) is 5.27. The number of hydrogen-bond acceptors (Lipinski definition) is 2. The van der Waals surface area contributed by atoms with Gasteiger partial charge in [-0.05, 0) is 31.6 Å². The van der Waals surface area contributed by atoms with Crippen LogP contribution >= 0.6 is 0 Å². The lowest BCUT2D eigenvalue weighted by Gasteiger charge is -2.36. The number of nitrogens with zero attached hydrogens (tertiary/aromatic N) is 1. The smallest absolute Gasteiger partial charge is 0.122 e. The summed E-state index contributed by atoms with van der Waals surface area (Å²) in [6, 6.07) is 0.955. The van der Waals surface area contributed by atoms with Gasteiger partial charge in [0.2, 0.25) is 0 Å². The van der Waals surface area contributed by atoms with Crippen LogP contribution in [0.3, 0.4) is 0 Å². The minimum atomic E-state index is 0.322. The van der Waals surface area contributed by atoms with Crippen LogP contribution < -0.4 is 5.32 Å². The summed E-state index contributed by atoms with van der Waals surface area (Å²) in [5.74, 6) is 2.60. The predicted octanol–water partition coefficient (Wildman–Crippen LogP) is 2.89. The molecule has 0 aliphatic heterocycles. The van der Waals surface area contributed by atoms with E-state index in [0.29, 0.717) is 12.1 Å². The third-order valence-corrected chi connectivity index (χ3v) is 3.92. The van der Waals surface area contributed by atoms with Crippen LogP contribution in [0, 0.1) is 11.8 Å². The second kappa shape index (κ2) is 5.00. The first-order valence-corrected chi connectivity index (χ1v) is 6.44. The van der Waals surface area contributed by atoms with Gasteiger partial charge in [0.05, 0.1) is 6.04 Å². The van der Waals surface area contributed by atoms with Gasteiger partial charge in [0.25, 0.3) is 0 Å². The van der Waals surface area contributed by atoms with E-state index in [0.717, 1.165) is 17.7 Å². The molecular weight excluding hydrogens is 198 g/mol. The molecule has 3 unspecified atom stereocenters. The minimum absolute atomic E-state index is 0.322. The molecule has 3 heteroatoms. The molecule has 2 rings (SSSR count). The van der Waals surface area contributed by atoms with E-state index in [1.165, 1.54) is 19.3 Å². The summed E-state index contributed by atoms with van der Waals surface area (Å²) >= 11 is 0. The molecular formula is C13H23N3. The van der Waals surface area contributed by atoms with Crippen LogP contribution in [-0.4, -0.2) is 16.0 Å². The zero-order valence-electron chi connectivity index (χ0n) is 10.5. The third kappa shape index (κ3) is 2.46. The summed E-state index contributed by atoms with van der Waals surface area (Å²) in [4.78, 5) is 7.50. The fraction of sp³-hybridized carbons (Fsp3) is 0.769. The van der Waals surface area contributed by atoms with E-state index >= 15 is 0 Å². The topological polar surface area (TPSA) is 40.7 Å². The average molecular weight is 221 g/mol. The average Bonchev–Trinajstić information content (AvgIpc) is 2.76. The first-order chi connectivity index (χ1) is 7.68. The zero-order chi connectivity index (χ0) is 11.5. The van der Waals surface area contributed by atoms with Crippen molar-refractivity contribution in [1.29, 1.82) is 0 Å². The van der Waals surface area contributed by atoms with E-state index < -0.39 is 0 Å². The van der Waals surface area contributed by atoms with E-state index in [9.17, 15) is 0 Å². The number of hydrogen-bond donors (Lipinski definition) is 2. The van der Waals surface area contributed by atoms with Gasteiger partial charge in [0, 0.05) is 18.4 Å². The third-order valence-electron chi connectivity index (χ3n) is 3.92. The molecule has 1 saturated carbocycles. The molecule has 1 aliphatic carbocycles. The van der Waals surface area contributed by atoms with Crippen molar-refractivity contribution in [2.75, 3.05) is 0 Å². The van der Waals surface area contributed by atoms with E-state index in [1.54, 1.807) is 0 Å². The predicted molar refractivity (Wildman–Crippen MR) is 66.1 cm³/mol. The van der Waals surface area contributed by atoms with Crippen LogP contribution in [0.15, 0.2) is 12.4 Å². The highest BCUT2D eigenvalue weighted by Gasteiger charge is 2.28. The molecule has 1 aliphatic rings. The van der Waals surface area contributed by atoms with E-state index in [2.05, 4.69) is 36.1 Å². The largest absolute Gasteiger partial charge is 0.347 e. The normalized spacial score (nSPS) is 32.6. The molecule has 2 N–H and O–H groups in total. The Labute approximate surface area is 98.1 Å². The lowest BCUT2D eigenvalue weighted by atomic mass is 9.78. The molecule has 90 valence electrons. The highest BCUT2D eigenvalue weighted by atomic mass is 15.0. The quantitative estimate of drug-likeness (QED) is 0.824. The summed E-state index contributed by atoms with van der Waals surface area (Å²) in [6.45, 7) is 6.91. The fourth-order valence-corrected chi connectivity index (χ4v) is 2.89. The molecule has 1 aromatic heterocycles. The van der Waals surface area contributed by atoms with E-state index in [4.69, 9.17) is 0 Å². The highest BCUT2D eigenvalue weighted by molar-refractivity contribution is 4.96. The maximum absolute atomic E-state index is 4.31. The van der Waals surface area contributed by atoms with Gasteiger partial charge in [0.15, 0.2) is 0 Å². The molecule has 1 fully saturated rings. The SMILES string of the molecule is CC(NC1C(C)CCCC1C)c1ncc[nH]1. The standard InChI is InChI=1S/C13H23N3/c1-9-5-4-6-10(2)12(9)16-11(3)13-14-7-8-15-13/h7-12,16H,4-6H2,1-3H3,(H,14,15).